The van der Waals surface area contributed by atoms with Crippen LogP contribution in [-0.2, 0) is 16.0 Å². The topological polar surface area (TPSA) is 92.2 Å². The summed E-state index contributed by atoms with van der Waals surface area (Å²) in [6, 6.07) is 0. The van der Waals surface area contributed by atoms with Crippen molar-refractivity contribution in [3.63, 3.8) is 0 Å². The summed E-state index contributed by atoms with van der Waals surface area (Å²) in [6.07, 6.45) is 4.73. The van der Waals surface area contributed by atoms with E-state index in [-0.39, 0.29) is 12.3 Å². The predicted molar refractivity (Wildman–Crippen MR) is 75.7 cm³/mol. The average Bonchev–Trinajstić information content (AvgIpc) is 2.87. The highest BCUT2D eigenvalue weighted by Crippen LogP contribution is 2.39. The van der Waals surface area contributed by atoms with Gasteiger partial charge in [0.1, 0.15) is 5.01 Å². The Morgan fingerprint density at radius 1 is 1.30 bits per heavy atom. The lowest BCUT2D eigenvalue weighted by atomic mass is 9.71. The van der Waals surface area contributed by atoms with E-state index in [4.69, 9.17) is 0 Å². The highest BCUT2D eigenvalue weighted by atomic mass is 32.1. The molecule has 7 heteroatoms. The Kier molecular flexibility index (Phi) is 4.69. The zero-order valence-electron chi connectivity index (χ0n) is 11.5. The van der Waals surface area contributed by atoms with E-state index in [1.54, 1.807) is 0 Å². The van der Waals surface area contributed by atoms with Gasteiger partial charge in [0.2, 0.25) is 11.0 Å². The molecule has 0 radical (unpaired) electrons. The molecule has 1 saturated carbocycles. The molecule has 0 aliphatic heterocycles. The molecule has 2 rings (SSSR count). The van der Waals surface area contributed by atoms with Crippen molar-refractivity contribution < 1.29 is 14.7 Å². The summed E-state index contributed by atoms with van der Waals surface area (Å²) in [4.78, 5) is 23.6. The van der Waals surface area contributed by atoms with Gasteiger partial charge in [0.25, 0.3) is 0 Å². The third-order valence-electron chi connectivity index (χ3n) is 3.78. The third kappa shape index (κ3) is 3.33. The molecule has 0 spiro atoms. The fourth-order valence-corrected chi connectivity index (χ4v) is 3.31. The quantitative estimate of drug-likeness (QED) is 0.871. The Morgan fingerprint density at radius 3 is 2.55 bits per heavy atom. The largest absolute Gasteiger partial charge is 0.481 e. The maximum atomic E-state index is 12.1. The molecule has 1 aromatic rings. The summed E-state index contributed by atoms with van der Waals surface area (Å²) < 4.78 is 0. The van der Waals surface area contributed by atoms with Gasteiger partial charge in [-0.1, -0.05) is 37.5 Å². The molecule has 1 aliphatic carbocycles. The van der Waals surface area contributed by atoms with Crippen LogP contribution in [0.5, 0.6) is 0 Å². The van der Waals surface area contributed by atoms with E-state index in [1.807, 2.05) is 6.92 Å². The Balaban J connectivity index is 1.99. The van der Waals surface area contributed by atoms with Crippen molar-refractivity contribution in [3.8, 4) is 0 Å². The lowest BCUT2D eigenvalue weighted by molar-refractivity contribution is -0.153. The molecular formula is C13H19N3O3S. The Labute approximate surface area is 121 Å². The Bertz CT molecular complexity index is 495. The van der Waals surface area contributed by atoms with Gasteiger partial charge < -0.3 is 10.4 Å². The van der Waals surface area contributed by atoms with E-state index in [1.165, 1.54) is 11.3 Å². The van der Waals surface area contributed by atoms with Crippen LogP contribution in [0.2, 0.25) is 0 Å². The summed E-state index contributed by atoms with van der Waals surface area (Å²) in [6.45, 7) is 1.97. The molecule has 0 bridgehead atoms. The molecule has 110 valence electrons. The first-order valence-corrected chi connectivity index (χ1v) is 7.73. The highest BCUT2D eigenvalue weighted by molar-refractivity contribution is 7.15. The van der Waals surface area contributed by atoms with E-state index < -0.39 is 11.4 Å². The van der Waals surface area contributed by atoms with Gasteiger partial charge in [-0.05, 0) is 19.3 Å². The first-order valence-electron chi connectivity index (χ1n) is 6.91. The lowest BCUT2D eigenvalue weighted by Crippen LogP contribution is -2.37. The standard InChI is InChI=1S/C13H19N3O3S/c1-2-10-15-16-12(20-10)14-9(17)8-13(11(18)19)6-4-3-5-7-13/h2-8H2,1H3,(H,18,19)(H,14,16,17). The van der Waals surface area contributed by atoms with Crippen LogP contribution in [0, 0.1) is 5.41 Å². The molecule has 1 aromatic heterocycles. The summed E-state index contributed by atoms with van der Waals surface area (Å²) >= 11 is 1.33. The average molecular weight is 297 g/mol. The number of carbonyl (C=O) groups is 2. The normalized spacial score (nSPS) is 17.6. The number of nitrogens with one attached hydrogen (secondary N) is 1. The Hall–Kier alpha value is -1.50. The van der Waals surface area contributed by atoms with Gasteiger partial charge in [-0.3, -0.25) is 9.59 Å². The van der Waals surface area contributed by atoms with Crippen LogP contribution in [0.15, 0.2) is 0 Å². The molecule has 0 atom stereocenters. The van der Waals surface area contributed by atoms with Crippen molar-refractivity contribution in [1.29, 1.82) is 0 Å². The number of rotatable bonds is 5. The summed E-state index contributed by atoms with van der Waals surface area (Å²) in [5, 5.41) is 21.2. The van der Waals surface area contributed by atoms with Crippen molar-refractivity contribution in [2.75, 3.05) is 5.32 Å². The molecule has 6 nitrogen and oxygen atoms in total. The number of carboxylic acids is 1. The molecule has 1 aliphatic rings. The molecule has 0 unspecified atom stereocenters. The van der Waals surface area contributed by atoms with Crippen LogP contribution in [0.25, 0.3) is 0 Å². The van der Waals surface area contributed by atoms with Crippen LogP contribution < -0.4 is 5.32 Å². The van der Waals surface area contributed by atoms with Crippen molar-refractivity contribution >= 4 is 28.3 Å². The predicted octanol–water partition coefficient (Wildman–Crippen LogP) is 2.46. The molecule has 1 fully saturated rings. The second kappa shape index (κ2) is 6.30. The fraction of sp³-hybridized carbons (Fsp3) is 0.692. The van der Waals surface area contributed by atoms with Gasteiger partial charge in [-0.25, -0.2) is 0 Å². The minimum Gasteiger partial charge on any atom is -0.481 e. The number of aliphatic carboxylic acids is 1. The van der Waals surface area contributed by atoms with E-state index in [9.17, 15) is 14.7 Å². The van der Waals surface area contributed by atoms with E-state index in [0.29, 0.717) is 18.0 Å². The van der Waals surface area contributed by atoms with Crippen LogP contribution in [-0.4, -0.2) is 27.2 Å². The van der Waals surface area contributed by atoms with Gasteiger partial charge in [0, 0.05) is 6.42 Å². The number of anilines is 1. The summed E-state index contributed by atoms with van der Waals surface area (Å²) in [5.41, 5.74) is -0.902. The monoisotopic (exact) mass is 297 g/mol. The maximum absolute atomic E-state index is 12.1. The second-order valence-corrected chi connectivity index (χ2v) is 6.29. The SMILES string of the molecule is CCc1nnc(NC(=O)CC2(C(=O)O)CCCCC2)s1. The van der Waals surface area contributed by atoms with E-state index in [2.05, 4.69) is 15.5 Å². The maximum Gasteiger partial charge on any atom is 0.310 e. The number of hydrogen-bond donors (Lipinski definition) is 2. The number of carbonyl (C=O) groups excluding carboxylic acids is 1. The minimum atomic E-state index is -0.902. The molecule has 20 heavy (non-hydrogen) atoms. The summed E-state index contributed by atoms with van der Waals surface area (Å²) in [5.74, 6) is -1.15. The van der Waals surface area contributed by atoms with Crippen molar-refractivity contribution in [1.82, 2.24) is 10.2 Å². The fourth-order valence-electron chi connectivity index (χ4n) is 2.61. The van der Waals surface area contributed by atoms with Crippen molar-refractivity contribution in [2.45, 2.75) is 51.9 Å². The number of aryl methyl sites for hydroxylation is 1. The first-order chi connectivity index (χ1) is 9.55. The minimum absolute atomic E-state index is 0.0172. The molecule has 1 heterocycles. The van der Waals surface area contributed by atoms with Gasteiger partial charge in [-0.2, -0.15) is 0 Å². The van der Waals surface area contributed by atoms with Crippen molar-refractivity contribution in [2.24, 2.45) is 5.41 Å². The summed E-state index contributed by atoms with van der Waals surface area (Å²) in [7, 11) is 0. The van der Waals surface area contributed by atoms with Gasteiger partial charge in [0.15, 0.2) is 0 Å². The van der Waals surface area contributed by atoms with E-state index in [0.717, 1.165) is 30.7 Å². The van der Waals surface area contributed by atoms with Crippen molar-refractivity contribution in [3.05, 3.63) is 5.01 Å². The van der Waals surface area contributed by atoms with Crippen LogP contribution in [0.4, 0.5) is 5.13 Å². The lowest BCUT2D eigenvalue weighted by Gasteiger charge is -2.32. The zero-order valence-corrected chi connectivity index (χ0v) is 12.3. The number of carboxylic acid groups (broad SMARTS) is 1. The van der Waals surface area contributed by atoms with Crippen LogP contribution in [0.3, 0.4) is 0 Å². The Morgan fingerprint density at radius 2 is 2.00 bits per heavy atom. The third-order valence-corrected chi connectivity index (χ3v) is 4.76. The molecule has 1 amide bonds. The van der Waals surface area contributed by atoms with Crippen LogP contribution in [0.1, 0.15) is 50.5 Å². The number of amides is 1. The second-order valence-electron chi connectivity index (χ2n) is 5.23. The molecular weight excluding hydrogens is 278 g/mol. The molecule has 0 aromatic carbocycles. The first kappa shape index (κ1) is 14.9. The van der Waals surface area contributed by atoms with Gasteiger partial charge >= 0.3 is 5.97 Å². The zero-order chi connectivity index (χ0) is 14.6. The van der Waals surface area contributed by atoms with Gasteiger partial charge in [-0.15, -0.1) is 10.2 Å². The van der Waals surface area contributed by atoms with Crippen LogP contribution >= 0.6 is 11.3 Å². The number of aromatic nitrogens is 2. The number of hydrogen-bond acceptors (Lipinski definition) is 5. The molecule has 0 saturated heterocycles. The highest BCUT2D eigenvalue weighted by Gasteiger charge is 2.41. The number of nitrogens with zero attached hydrogens (tertiary/aromatic N) is 2. The smallest absolute Gasteiger partial charge is 0.310 e. The van der Waals surface area contributed by atoms with Gasteiger partial charge in [0.05, 0.1) is 5.41 Å². The molecule has 2 N–H and O–H groups in total. The van der Waals surface area contributed by atoms with E-state index >= 15 is 0 Å².